The van der Waals surface area contributed by atoms with E-state index in [2.05, 4.69) is 26.1 Å². The van der Waals surface area contributed by atoms with Crippen molar-refractivity contribution in [3.8, 4) is 5.75 Å². The SMILES string of the molecule is CNC(=O)C(C)N(Cc1ccc(Cl)cc1)C(=O)COc1ccc(C(C)(C)C)cc1. The molecular formula is C23H29ClN2O3. The molecule has 156 valence electrons. The van der Waals surface area contributed by atoms with E-state index in [9.17, 15) is 9.59 Å². The number of ether oxygens (including phenoxy) is 1. The van der Waals surface area contributed by atoms with Gasteiger partial charge in [0.1, 0.15) is 11.8 Å². The highest BCUT2D eigenvalue weighted by atomic mass is 35.5. The smallest absolute Gasteiger partial charge is 0.261 e. The van der Waals surface area contributed by atoms with E-state index in [4.69, 9.17) is 16.3 Å². The van der Waals surface area contributed by atoms with Gasteiger partial charge in [-0.05, 0) is 47.7 Å². The number of hydrogen-bond donors (Lipinski definition) is 1. The van der Waals surface area contributed by atoms with Crippen LogP contribution >= 0.6 is 11.6 Å². The second kappa shape index (κ2) is 9.79. The van der Waals surface area contributed by atoms with Gasteiger partial charge in [-0.2, -0.15) is 0 Å². The third-order valence-electron chi connectivity index (χ3n) is 4.76. The standard InChI is InChI=1S/C23H29ClN2O3/c1-16(22(28)25-5)26(14-17-6-10-19(24)11-7-17)21(27)15-29-20-12-8-18(9-13-20)23(2,3)4/h6-13,16H,14-15H2,1-5H3,(H,25,28). The summed E-state index contributed by atoms with van der Waals surface area (Å²) >= 11 is 5.94. The van der Waals surface area contributed by atoms with Gasteiger partial charge in [0.25, 0.3) is 5.91 Å². The molecule has 0 aliphatic carbocycles. The molecule has 0 saturated carbocycles. The molecule has 0 heterocycles. The van der Waals surface area contributed by atoms with E-state index in [1.54, 1.807) is 26.1 Å². The van der Waals surface area contributed by atoms with Crippen LogP contribution in [0, 0.1) is 0 Å². The van der Waals surface area contributed by atoms with Crippen LogP contribution in [0.15, 0.2) is 48.5 Å². The average molecular weight is 417 g/mol. The number of amides is 2. The molecule has 0 aromatic heterocycles. The number of nitrogens with zero attached hydrogens (tertiary/aromatic N) is 1. The van der Waals surface area contributed by atoms with Gasteiger partial charge in [-0.25, -0.2) is 0 Å². The monoisotopic (exact) mass is 416 g/mol. The minimum absolute atomic E-state index is 0.0483. The molecular weight excluding hydrogens is 388 g/mol. The van der Waals surface area contributed by atoms with Crippen LogP contribution in [0.1, 0.15) is 38.8 Å². The summed E-state index contributed by atoms with van der Waals surface area (Å²) in [5.41, 5.74) is 2.12. The zero-order chi connectivity index (χ0) is 21.6. The molecule has 5 nitrogen and oxygen atoms in total. The first-order chi connectivity index (χ1) is 13.6. The van der Waals surface area contributed by atoms with Crippen molar-refractivity contribution in [1.29, 1.82) is 0 Å². The molecule has 1 unspecified atom stereocenters. The van der Waals surface area contributed by atoms with Crippen LogP contribution in [0.2, 0.25) is 5.02 Å². The molecule has 0 aliphatic heterocycles. The van der Waals surface area contributed by atoms with Gasteiger partial charge >= 0.3 is 0 Å². The fourth-order valence-electron chi connectivity index (χ4n) is 2.86. The highest BCUT2D eigenvalue weighted by Crippen LogP contribution is 2.24. The number of carbonyl (C=O) groups excluding carboxylic acids is 2. The summed E-state index contributed by atoms with van der Waals surface area (Å²) in [5, 5.41) is 3.21. The van der Waals surface area contributed by atoms with Crippen molar-refractivity contribution in [1.82, 2.24) is 10.2 Å². The number of nitrogens with one attached hydrogen (secondary N) is 1. The van der Waals surface area contributed by atoms with Crippen LogP contribution < -0.4 is 10.1 Å². The third kappa shape index (κ3) is 6.50. The molecule has 1 N–H and O–H groups in total. The normalized spacial score (nSPS) is 12.2. The maximum Gasteiger partial charge on any atom is 0.261 e. The summed E-state index contributed by atoms with van der Waals surface area (Å²) in [5.74, 6) is 0.114. The molecule has 0 spiro atoms. The van der Waals surface area contributed by atoms with Crippen molar-refractivity contribution in [3.63, 3.8) is 0 Å². The summed E-state index contributed by atoms with van der Waals surface area (Å²) in [6.07, 6.45) is 0. The van der Waals surface area contributed by atoms with Gasteiger partial charge in [0.15, 0.2) is 6.61 Å². The van der Waals surface area contributed by atoms with E-state index < -0.39 is 6.04 Å². The Morgan fingerprint density at radius 1 is 1.07 bits per heavy atom. The van der Waals surface area contributed by atoms with Crippen LogP contribution in [-0.4, -0.2) is 36.4 Å². The largest absolute Gasteiger partial charge is 0.484 e. The van der Waals surface area contributed by atoms with Gasteiger partial charge in [-0.3, -0.25) is 9.59 Å². The van der Waals surface area contributed by atoms with E-state index in [0.29, 0.717) is 10.8 Å². The van der Waals surface area contributed by atoms with Gasteiger partial charge in [-0.1, -0.05) is 56.6 Å². The predicted molar refractivity (Wildman–Crippen MR) is 116 cm³/mol. The molecule has 6 heteroatoms. The van der Waals surface area contributed by atoms with Crippen LogP contribution in [0.25, 0.3) is 0 Å². The fraction of sp³-hybridized carbons (Fsp3) is 0.391. The molecule has 1 atom stereocenters. The molecule has 0 radical (unpaired) electrons. The lowest BCUT2D eigenvalue weighted by Crippen LogP contribution is -2.48. The van der Waals surface area contributed by atoms with E-state index in [0.717, 1.165) is 5.56 Å². The summed E-state index contributed by atoms with van der Waals surface area (Å²) in [7, 11) is 1.55. The molecule has 0 aliphatic rings. The van der Waals surface area contributed by atoms with Crippen LogP contribution in [-0.2, 0) is 21.5 Å². The van der Waals surface area contributed by atoms with E-state index in [-0.39, 0.29) is 30.4 Å². The van der Waals surface area contributed by atoms with Gasteiger partial charge < -0.3 is 15.0 Å². The summed E-state index contributed by atoms with van der Waals surface area (Å²) in [6, 6.07) is 14.3. The van der Waals surface area contributed by atoms with Crippen LogP contribution in [0.4, 0.5) is 0 Å². The number of rotatable bonds is 7. The molecule has 2 amide bonds. The Balaban J connectivity index is 2.10. The average Bonchev–Trinajstić information content (AvgIpc) is 2.70. The van der Waals surface area contributed by atoms with Crippen molar-refractivity contribution >= 4 is 23.4 Å². The Morgan fingerprint density at radius 3 is 2.17 bits per heavy atom. The van der Waals surface area contributed by atoms with E-state index in [1.807, 2.05) is 36.4 Å². The summed E-state index contributed by atoms with van der Waals surface area (Å²) < 4.78 is 5.69. The predicted octanol–water partition coefficient (Wildman–Crippen LogP) is 4.18. The van der Waals surface area contributed by atoms with Gasteiger partial charge in [-0.15, -0.1) is 0 Å². The lowest BCUT2D eigenvalue weighted by molar-refractivity contribution is -0.142. The molecule has 2 aromatic rings. The highest BCUT2D eigenvalue weighted by Gasteiger charge is 2.26. The van der Waals surface area contributed by atoms with Gasteiger partial charge in [0.05, 0.1) is 0 Å². The van der Waals surface area contributed by atoms with Gasteiger partial charge in [0.2, 0.25) is 5.91 Å². The van der Waals surface area contributed by atoms with Crippen molar-refractivity contribution in [3.05, 3.63) is 64.7 Å². The second-order valence-corrected chi connectivity index (χ2v) is 8.44. The van der Waals surface area contributed by atoms with Crippen molar-refractivity contribution in [2.45, 2.75) is 45.7 Å². The number of benzene rings is 2. The Labute approximate surface area is 178 Å². The summed E-state index contributed by atoms with van der Waals surface area (Å²) in [6.45, 7) is 8.26. The van der Waals surface area contributed by atoms with Crippen molar-refractivity contribution in [2.75, 3.05) is 13.7 Å². The number of carbonyl (C=O) groups is 2. The molecule has 0 fully saturated rings. The summed E-state index contributed by atoms with van der Waals surface area (Å²) in [4.78, 5) is 26.5. The fourth-order valence-corrected chi connectivity index (χ4v) is 2.98. The maximum atomic E-state index is 12.9. The quantitative estimate of drug-likeness (QED) is 0.736. The van der Waals surface area contributed by atoms with Gasteiger partial charge in [0, 0.05) is 18.6 Å². The lowest BCUT2D eigenvalue weighted by atomic mass is 9.87. The highest BCUT2D eigenvalue weighted by molar-refractivity contribution is 6.30. The number of hydrogen-bond acceptors (Lipinski definition) is 3. The minimum atomic E-state index is -0.630. The molecule has 0 saturated heterocycles. The Hall–Kier alpha value is -2.53. The first kappa shape index (κ1) is 22.8. The maximum absolute atomic E-state index is 12.9. The van der Waals surface area contributed by atoms with E-state index >= 15 is 0 Å². The van der Waals surface area contributed by atoms with Crippen molar-refractivity contribution in [2.24, 2.45) is 0 Å². The third-order valence-corrected chi connectivity index (χ3v) is 5.01. The molecule has 0 bridgehead atoms. The Kier molecular flexibility index (Phi) is 7.68. The first-order valence-electron chi connectivity index (χ1n) is 9.60. The zero-order valence-corrected chi connectivity index (χ0v) is 18.4. The Bertz CT molecular complexity index is 827. The van der Waals surface area contributed by atoms with Crippen molar-refractivity contribution < 1.29 is 14.3 Å². The van der Waals surface area contributed by atoms with Crippen LogP contribution in [0.3, 0.4) is 0 Å². The molecule has 2 aromatic carbocycles. The topological polar surface area (TPSA) is 58.6 Å². The second-order valence-electron chi connectivity index (χ2n) is 8.00. The Morgan fingerprint density at radius 2 is 1.66 bits per heavy atom. The number of likely N-dealkylation sites (N-methyl/N-ethyl adjacent to an activating group) is 1. The number of halogens is 1. The molecule has 29 heavy (non-hydrogen) atoms. The van der Waals surface area contributed by atoms with Crippen LogP contribution in [0.5, 0.6) is 5.75 Å². The zero-order valence-electron chi connectivity index (χ0n) is 17.7. The minimum Gasteiger partial charge on any atom is -0.484 e. The lowest BCUT2D eigenvalue weighted by Gasteiger charge is -2.28. The molecule has 2 rings (SSSR count). The first-order valence-corrected chi connectivity index (χ1v) is 9.98. The van der Waals surface area contributed by atoms with E-state index in [1.165, 1.54) is 10.5 Å².